The van der Waals surface area contributed by atoms with Crippen LogP contribution < -0.4 is 0 Å². The summed E-state index contributed by atoms with van der Waals surface area (Å²) in [7, 11) is 0. The van der Waals surface area contributed by atoms with Gasteiger partial charge < -0.3 is 4.57 Å². The van der Waals surface area contributed by atoms with Crippen molar-refractivity contribution in [2.45, 2.75) is 45.1 Å². The van der Waals surface area contributed by atoms with Gasteiger partial charge in [0.25, 0.3) is 0 Å². The first-order valence-corrected chi connectivity index (χ1v) is 6.36. The topological polar surface area (TPSA) is 17.8 Å². The van der Waals surface area contributed by atoms with Crippen LogP contribution in [0.25, 0.3) is 11.0 Å². The van der Waals surface area contributed by atoms with Gasteiger partial charge in [0.1, 0.15) is 5.82 Å². The Bertz CT molecular complexity index is 492. The molecule has 0 spiro atoms. The van der Waals surface area contributed by atoms with E-state index in [1.54, 1.807) is 0 Å². The molecular formula is C14H18N2. The van der Waals surface area contributed by atoms with Crippen LogP contribution in [0.5, 0.6) is 0 Å². The molecule has 1 heterocycles. The Balaban J connectivity index is 2.18. The normalized spacial score (nSPS) is 17.3. The fourth-order valence-electron chi connectivity index (χ4n) is 2.91. The lowest BCUT2D eigenvalue weighted by Crippen LogP contribution is -2.08. The number of benzene rings is 1. The van der Waals surface area contributed by atoms with Gasteiger partial charge in [-0.05, 0) is 25.0 Å². The van der Waals surface area contributed by atoms with Crippen LogP contribution in [0.15, 0.2) is 24.3 Å². The Morgan fingerprint density at radius 3 is 2.75 bits per heavy atom. The summed E-state index contributed by atoms with van der Waals surface area (Å²) in [6.45, 7) is 2.20. The third-order valence-corrected chi connectivity index (χ3v) is 3.67. The first-order chi connectivity index (χ1) is 7.90. The van der Waals surface area contributed by atoms with Gasteiger partial charge in [-0.2, -0.15) is 0 Å². The second-order valence-corrected chi connectivity index (χ2v) is 4.68. The molecule has 0 atom stereocenters. The number of aromatic nitrogens is 2. The molecule has 2 aromatic rings. The molecular weight excluding hydrogens is 196 g/mol. The summed E-state index contributed by atoms with van der Waals surface area (Å²) in [5.41, 5.74) is 2.48. The number of rotatable bonds is 2. The summed E-state index contributed by atoms with van der Waals surface area (Å²) in [6.07, 6.45) is 6.44. The molecule has 1 aromatic heterocycles. The van der Waals surface area contributed by atoms with E-state index in [0.717, 1.165) is 11.9 Å². The van der Waals surface area contributed by atoms with Crippen LogP contribution in [0.1, 0.15) is 44.5 Å². The summed E-state index contributed by atoms with van der Waals surface area (Å²) in [6, 6.07) is 9.23. The molecule has 1 aliphatic carbocycles. The van der Waals surface area contributed by atoms with Gasteiger partial charge in [-0.15, -0.1) is 0 Å². The van der Waals surface area contributed by atoms with Crippen LogP contribution >= 0.6 is 0 Å². The predicted octanol–water partition coefficient (Wildman–Crippen LogP) is 3.71. The van der Waals surface area contributed by atoms with E-state index in [1.807, 2.05) is 0 Å². The van der Waals surface area contributed by atoms with E-state index in [4.69, 9.17) is 4.98 Å². The average Bonchev–Trinajstić information content (AvgIpc) is 2.94. The average molecular weight is 214 g/mol. The molecule has 16 heavy (non-hydrogen) atoms. The lowest BCUT2D eigenvalue weighted by Gasteiger charge is -2.15. The Kier molecular flexibility index (Phi) is 2.43. The van der Waals surface area contributed by atoms with Crippen molar-refractivity contribution >= 4 is 11.0 Å². The van der Waals surface area contributed by atoms with E-state index in [9.17, 15) is 0 Å². The molecule has 0 bridgehead atoms. The third-order valence-electron chi connectivity index (χ3n) is 3.67. The summed E-state index contributed by atoms with van der Waals surface area (Å²) in [5.74, 6) is 1.26. The lowest BCUT2D eigenvalue weighted by molar-refractivity contribution is 0.513. The largest absolute Gasteiger partial charge is 0.325 e. The molecule has 1 fully saturated rings. The van der Waals surface area contributed by atoms with Gasteiger partial charge in [-0.3, -0.25) is 0 Å². The molecule has 0 saturated heterocycles. The molecule has 0 N–H and O–H groups in total. The molecule has 1 aromatic carbocycles. The Labute approximate surface area is 96.3 Å². The number of hydrogen-bond acceptors (Lipinski definition) is 1. The first-order valence-electron chi connectivity index (χ1n) is 6.36. The second kappa shape index (κ2) is 3.93. The Morgan fingerprint density at radius 2 is 2.00 bits per heavy atom. The smallest absolute Gasteiger partial charge is 0.109 e. The maximum atomic E-state index is 4.74. The molecule has 0 aliphatic heterocycles. The number of nitrogens with zero attached hydrogens (tertiary/aromatic N) is 2. The molecule has 3 rings (SSSR count). The van der Waals surface area contributed by atoms with Gasteiger partial charge in [0.2, 0.25) is 0 Å². The van der Waals surface area contributed by atoms with Gasteiger partial charge in [0.05, 0.1) is 11.0 Å². The SMILES string of the molecule is CCc1nc2ccccc2n1C1CCCC1. The Hall–Kier alpha value is -1.31. The van der Waals surface area contributed by atoms with Gasteiger partial charge in [-0.25, -0.2) is 4.98 Å². The minimum atomic E-state index is 0.697. The zero-order chi connectivity index (χ0) is 11.0. The van der Waals surface area contributed by atoms with Crippen LogP contribution in [0, 0.1) is 0 Å². The highest BCUT2D eigenvalue weighted by atomic mass is 15.1. The third kappa shape index (κ3) is 1.44. The maximum absolute atomic E-state index is 4.74. The van der Waals surface area contributed by atoms with Crippen LogP contribution in [0.3, 0.4) is 0 Å². The quantitative estimate of drug-likeness (QED) is 0.745. The minimum absolute atomic E-state index is 0.697. The van der Waals surface area contributed by atoms with Crippen molar-refractivity contribution in [3.05, 3.63) is 30.1 Å². The van der Waals surface area contributed by atoms with Crippen LogP contribution in [0.2, 0.25) is 0 Å². The van der Waals surface area contributed by atoms with Crippen LogP contribution in [-0.4, -0.2) is 9.55 Å². The van der Waals surface area contributed by atoms with Crippen molar-refractivity contribution in [2.75, 3.05) is 0 Å². The van der Waals surface area contributed by atoms with Gasteiger partial charge in [0.15, 0.2) is 0 Å². The first kappa shape index (κ1) is 9.88. The summed E-state index contributed by atoms with van der Waals surface area (Å²) in [4.78, 5) is 4.74. The molecule has 0 unspecified atom stereocenters. The zero-order valence-corrected chi connectivity index (χ0v) is 9.82. The van der Waals surface area contributed by atoms with Crippen molar-refractivity contribution in [1.29, 1.82) is 0 Å². The molecule has 84 valence electrons. The zero-order valence-electron chi connectivity index (χ0n) is 9.82. The molecule has 1 saturated carbocycles. The van der Waals surface area contributed by atoms with Crippen molar-refractivity contribution in [3.8, 4) is 0 Å². The highest BCUT2D eigenvalue weighted by molar-refractivity contribution is 5.76. The molecule has 2 heteroatoms. The highest BCUT2D eigenvalue weighted by Crippen LogP contribution is 2.33. The molecule has 0 amide bonds. The van der Waals surface area contributed by atoms with Crippen molar-refractivity contribution in [3.63, 3.8) is 0 Å². The summed E-state index contributed by atoms with van der Waals surface area (Å²) >= 11 is 0. The minimum Gasteiger partial charge on any atom is -0.325 e. The predicted molar refractivity (Wildman–Crippen MR) is 66.6 cm³/mol. The fourth-order valence-corrected chi connectivity index (χ4v) is 2.91. The maximum Gasteiger partial charge on any atom is 0.109 e. The molecule has 2 nitrogen and oxygen atoms in total. The number of fused-ring (bicyclic) bond motifs is 1. The van der Waals surface area contributed by atoms with Gasteiger partial charge >= 0.3 is 0 Å². The highest BCUT2D eigenvalue weighted by Gasteiger charge is 2.21. The monoisotopic (exact) mass is 214 g/mol. The number of aryl methyl sites for hydroxylation is 1. The van der Waals surface area contributed by atoms with Crippen LogP contribution in [-0.2, 0) is 6.42 Å². The fraction of sp³-hybridized carbons (Fsp3) is 0.500. The van der Waals surface area contributed by atoms with E-state index in [2.05, 4.69) is 35.8 Å². The van der Waals surface area contributed by atoms with E-state index < -0.39 is 0 Å². The van der Waals surface area contributed by atoms with Gasteiger partial charge in [0, 0.05) is 12.5 Å². The summed E-state index contributed by atoms with van der Waals surface area (Å²) < 4.78 is 2.49. The van der Waals surface area contributed by atoms with E-state index in [0.29, 0.717) is 6.04 Å². The standard InChI is InChI=1S/C14H18N2/c1-2-14-15-12-9-5-6-10-13(12)16(14)11-7-3-4-8-11/h5-6,9-11H,2-4,7-8H2,1H3. The molecule has 1 aliphatic rings. The van der Waals surface area contributed by atoms with E-state index in [1.165, 1.54) is 37.0 Å². The van der Waals surface area contributed by atoms with Crippen molar-refractivity contribution < 1.29 is 0 Å². The number of imidazole rings is 1. The van der Waals surface area contributed by atoms with E-state index in [-0.39, 0.29) is 0 Å². The molecule has 0 radical (unpaired) electrons. The Morgan fingerprint density at radius 1 is 1.25 bits per heavy atom. The lowest BCUT2D eigenvalue weighted by atomic mass is 10.2. The van der Waals surface area contributed by atoms with E-state index >= 15 is 0 Å². The number of hydrogen-bond donors (Lipinski definition) is 0. The van der Waals surface area contributed by atoms with Crippen LogP contribution in [0.4, 0.5) is 0 Å². The number of para-hydroxylation sites is 2. The second-order valence-electron chi connectivity index (χ2n) is 4.68. The van der Waals surface area contributed by atoms with Crippen molar-refractivity contribution in [2.24, 2.45) is 0 Å². The summed E-state index contributed by atoms with van der Waals surface area (Å²) in [5, 5.41) is 0. The van der Waals surface area contributed by atoms with Gasteiger partial charge in [-0.1, -0.05) is 31.9 Å². The van der Waals surface area contributed by atoms with Crippen molar-refractivity contribution in [1.82, 2.24) is 9.55 Å².